The largest absolute Gasteiger partial charge is 0.493 e. The first-order valence-electron chi connectivity index (χ1n) is 10.3. The van der Waals surface area contributed by atoms with Crippen LogP contribution < -0.4 is 4.74 Å². The quantitative estimate of drug-likeness (QED) is 0.636. The molecule has 2 aliphatic rings. The Morgan fingerprint density at radius 2 is 1.89 bits per heavy atom. The Morgan fingerprint density at radius 3 is 2.89 bits per heavy atom. The minimum absolute atomic E-state index is 0.746. The number of aryl methyl sites for hydroxylation is 1. The van der Waals surface area contributed by atoms with Crippen LogP contribution in [0.4, 0.5) is 0 Å². The number of rotatable bonds is 1. The highest BCUT2D eigenvalue weighted by Crippen LogP contribution is 2.31. The van der Waals surface area contributed by atoms with Gasteiger partial charge < -0.3 is 14.0 Å². The van der Waals surface area contributed by atoms with Crippen LogP contribution in [0.1, 0.15) is 37.7 Å². The summed E-state index contributed by atoms with van der Waals surface area (Å²) < 4.78 is 8.23. The molecule has 27 heavy (non-hydrogen) atoms. The molecule has 2 aliphatic heterocycles. The van der Waals surface area contributed by atoms with Crippen molar-refractivity contribution in [3.8, 4) is 16.9 Å². The Kier molecular flexibility index (Phi) is 4.58. The highest BCUT2D eigenvalue weighted by Gasteiger charge is 2.23. The van der Waals surface area contributed by atoms with E-state index in [1.54, 1.807) is 0 Å². The average molecular weight is 361 g/mol. The van der Waals surface area contributed by atoms with Crippen molar-refractivity contribution in [2.24, 2.45) is 0 Å². The molecule has 140 valence electrons. The molecule has 1 fully saturated rings. The SMILES string of the molecule is c1cn2cc(-c3ccc4c(c3)CCC3CCCCN3CCCO4)ccc2n1. The van der Waals surface area contributed by atoms with Gasteiger partial charge in [-0.25, -0.2) is 4.98 Å². The molecular weight excluding hydrogens is 334 g/mol. The fourth-order valence-corrected chi connectivity index (χ4v) is 4.64. The summed E-state index contributed by atoms with van der Waals surface area (Å²) in [5, 5.41) is 0. The molecule has 0 bridgehead atoms. The standard InChI is InChI=1S/C23H27N3O/c1-2-12-25-13-3-15-27-22-9-6-18(16-19(22)5-8-21(25)4-1)20-7-10-23-24-11-14-26(23)17-20/h6-7,9-11,14,16-17,21H,1-5,8,12-13,15H2. The molecule has 2 aromatic heterocycles. The fraction of sp³-hybridized carbons (Fsp3) is 0.435. The molecule has 0 saturated carbocycles. The van der Waals surface area contributed by atoms with Gasteiger partial charge in [-0.2, -0.15) is 0 Å². The Morgan fingerprint density at radius 1 is 0.963 bits per heavy atom. The molecule has 0 N–H and O–H groups in total. The van der Waals surface area contributed by atoms with Crippen molar-refractivity contribution >= 4 is 5.65 Å². The molecule has 3 aromatic rings. The number of hydrogen-bond acceptors (Lipinski definition) is 3. The van der Waals surface area contributed by atoms with Crippen molar-refractivity contribution < 1.29 is 4.74 Å². The van der Waals surface area contributed by atoms with E-state index in [2.05, 4.69) is 50.8 Å². The van der Waals surface area contributed by atoms with Gasteiger partial charge in [-0.15, -0.1) is 0 Å². The molecule has 0 aliphatic carbocycles. The van der Waals surface area contributed by atoms with Crippen LogP contribution in [-0.4, -0.2) is 40.0 Å². The molecule has 1 atom stereocenters. The van der Waals surface area contributed by atoms with Gasteiger partial charge in [0.25, 0.3) is 0 Å². The molecule has 0 amide bonds. The summed E-state index contributed by atoms with van der Waals surface area (Å²) in [4.78, 5) is 7.05. The third-order valence-corrected chi connectivity index (χ3v) is 6.13. The molecule has 1 unspecified atom stereocenters. The molecule has 4 heterocycles. The number of imidazole rings is 1. The number of pyridine rings is 1. The summed E-state index contributed by atoms with van der Waals surface area (Å²) in [6.45, 7) is 3.27. The van der Waals surface area contributed by atoms with Crippen molar-refractivity contribution in [1.82, 2.24) is 14.3 Å². The second kappa shape index (κ2) is 7.35. The monoisotopic (exact) mass is 361 g/mol. The number of benzene rings is 1. The normalized spacial score (nSPS) is 21.3. The predicted molar refractivity (Wildman–Crippen MR) is 108 cm³/mol. The van der Waals surface area contributed by atoms with Crippen LogP contribution in [0.25, 0.3) is 16.8 Å². The Labute approximate surface area is 160 Å². The van der Waals surface area contributed by atoms with Gasteiger partial charge in [0, 0.05) is 31.2 Å². The number of piperidine rings is 1. The molecular formula is C23H27N3O. The third-order valence-electron chi connectivity index (χ3n) is 6.13. The highest BCUT2D eigenvalue weighted by atomic mass is 16.5. The van der Waals surface area contributed by atoms with Crippen molar-refractivity contribution in [1.29, 1.82) is 0 Å². The first kappa shape index (κ1) is 16.8. The van der Waals surface area contributed by atoms with Gasteiger partial charge in [0.2, 0.25) is 0 Å². The van der Waals surface area contributed by atoms with E-state index in [0.29, 0.717) is 0 Å². The van der Waals surface area contributed by atoms with Gasteiger partial charge in [0.05, 0.1) is 6.61 Å². The second-order valence-electron chi connectivity index (χ2n) is 7.86. The van der Waals surface area contributed by atoms with Crippen molar-refractivity contribution in [3.05, 3.63) is 54.5 Å². The van der Waals surface area contributed by atoms with Gasteiger partial charge in [-0.3, -0.25) is 0 Å². The number of hydrogen-bond donors (Lipinski definition) is 0. The maximum atomic E-state index is 6.15. The first-order chi connectivity index (χ1) is 13.4. The zero-order valence-electron chi connectivity index (χ0n) is 15.8. The summed E-state index contributed by atoms with van der Waals surface area (Å²) in [6, 6.07) is 11.7. The number of nitrogens with zero attached hydrogens (tertiary/aromatic N) is 3. The van der Waals surface area contributed by atoms with Gasteiger partial charge in [0.15, 0.2) is 0 Å². The van der Waals surface area contributed by atoms with E-state index < -0.39 is 0 Å². The Balaban J connectivity index is 1.45. The summed E-state index contributed by atoms with van der Waals surface area (Å²) in [5.41, 5.74) is 4.81. The van der Waals surface area contributed by atoms with Crippen LogP contribution >= 0.6 is 0 Å². The molecule has 0 spiro atoms. The molecule has 0 radical (unpaired) electrons. The van der Waals surface area contributed by atoms with E-state index in [-0.39, 0.29) is 0 Å². The fourth-order valence-electron chi connectivity index (χ4n) is 4.64. The van der Waals surface area contributed by atoms with Gasteiger partial charge in [-0.05, 0) is 79.6 Å². The lowest BCUT2D eigenvalue weighted by molar-refractivity contribution is 0.127. The Hall–Kier alpha value is -2.33. The summed E-state index contributed by atoms with van der Waals surface area (Å²) in [6.07, 6.45) is 13.6. The summed E-state index contributed by atoms with van der Waals surface area (Å²) in [5.74, 6) is 1.08. The van der Waals surface area contributed by atoms with Crippen LogP contribution in [0.2, 0.25) is 0 Å². The zero-order valence-corrected chi connectivity index (χ0v) is 15.8. The molecule has 4 heteroatoms. The number of fused-ring (bicyclic) bond motifs is 3. The maximum absolute atomic E-state index is 6.15. The zero-order chi connectivity index (χ0) is 18.1. The van der Waals surface area contributed by atoms with E-state index in [1.165, 1.54) is 55.5 Å². The minimum Gasteiger partial charge on any atom is -0.493 e. The molecule has 4 nitrogen and oxygen atoms in total. The van der Waals surface area contributed by atoms with Crippen molar-refractivity contribution in [2.45, 2.75) is 44.6 Å². The lowest BCUT2D eigenvalue weighted by Gasteiger charge is -2.36. The molecule has 5 rings (SSSR count). The average Bonchev–Trinajstić information content (AvgIpc) is 3.19. The van der Waals surface area contributed by atoms with Crippen molar-refractivity contribution in [3.63, 3.8) is 0 Å². The lowest BCUT2D eigenvalue weighted by Crippen LogP contribution is -2.41. The van der Waals surface area contributed by atoms with Crippen LogP contribution in [0.3, 0.4) is 0 Å². The van der Waals surface area contributed by atoms with Crippen molar-refractivity contribution in [2.75, 3.05) is 19.7 Å². The maximum Gasteiger partial charge on any atom is 0.136 e. The van der Waals surface area contributed by atoms with E-state index in [4.69, 9.17) is 4.74 Å². The highest BCUT2D eigenvalue weighted by molar-refractivity contribution is 5.66. The topological polar surface area (TPSA) is 29.8 Å². The van der Waals surface area contributed by atoms with Gasteiger partial charge in [-0.1, -0.05) is 12.5 Å². The number of ether oxygens (including phenoxy) is 1. The molecule has 1 saturated heterocycles. The van der Waals surface area contributed by atoms with Crippen LogP contribution in [0.5, 0.6) is 5.75 Å². The van der Waals surface area contributed by atoms with E-state index in [0.717, 1.165) is 36.9 Å². The third kappa shape index (κ3) is 3.46. The summed E-state index contributed by atoms with van der Waals surface area (Å²) in [7, 11) is 0. The van der Waals surface area contributed by atoms with Gasteiger partial charge >= 0.3 is 0 Å². The Bertz CT molecular complexity index is 932. The molecule has 1 aromatic carbocycles. The van der Waals surface area contributed by atoms with Crippen LogP contribution in [0.15, 0.2) is 48.9 Å². The first-order valence-corrected chi connectivity index (χ1v) is 10.3. The number of aromatic nitrogens is 2. The van der Waals surface area contributed by atoms with Gasteiger partial charge in [0.1, 0.15) is 11.4 Å². The second-order valence-corrected chi connectivity index (χ2v) is 7.86. The van der Waals surface area contributed by atoms with E-state index in [1.807, 2.05) is 12.4 Å². The predicted octanol–water partition coefficient (Wildman–Crippen LogP) is 4.57. The van der Waals surface area contributed by atoms with E-state index in [9.17, 15) is 0 Å². The van der Waals surface area contributed by atoms with E-state index >= 15 is 0 Å². The summed E-state index contributed by atoms with van der Waals surface area (Å²) >= 11 is 0. The van der Waals surface area contributed by atoms with Crippen LogP contribution in [0, 0.1) is 0 Å². The lowest BCUT2D eigenvalue weighted by atomic mass is 9.93. The van der Waals surface area contributed by atoms with Crippen LogP contribution in [-0.2, 0) is 6.42 Å². The minimum atomic E-state index is 0.746. The smallest absolute Gasteiger partial charge is 0.136 e.